The minimum absolute atomic E-state index is 0.344. The van der Waals surface area contributed by atoms with Crippen LogP contribution in [0.15, 0.2) is 24.3 Å². The van der Waals surface area contributed by atoms with Crippen LogP contribution < -0.4 is 0 Å². The number of Topliss-reactive ketones (excluding diaryl/α,β-unsaturated/α-hetero) is 1. The van der Waals surface area contributed by atoms with Crippen molar-refractivity contribution in [1.29, 1.82) is 0 Å². The summed E-state index contributed by atoms with van der Waals surface area (Å²) in [5.74, 6) is -1.59. The summed E-state index contributed by atoms with van der Waals surface area (Å²) < 4.78 is 35.9. The first-order chi connectivity index (χ1) is 11.0. The van der Waals surface area contributed by atoms with E-state index in [1.165, 1.54) is 25.7 Å². The molecule has 0 aliphatic rings. The van der Waals surface area contributed by atoms with Crippen LogP contribution >= 0.6 is 0 Å². The van der Waals surface area contributed by atoms with Crippen molar-refractivity contribution in [3.63, 3.8) is 0 Å². The molecule has 134 valence electrons. The van der Waals surface area contributed by atoms with E-state index in [0.717, 1.165) is 32.1 Å². The number of halogens is 3. The summed E-state index contributed by atoms with van der Waals surface area (Å²) in [6, 6.07) is 0. The van der Waals surface area contributed by atoms with Crippen LogP contribution in [0.2, 0.25) is 0 Å². The zero-order chi connectivity index (χ0) is 17.4. The largest absolute Gasteiger partial charge is 0.449 e. The molecule has 0 radical (unpaired) electrons. The lowest BCUT2D eigenvalue weighted by atomic mass is 10.1. The van der Waals surface area contributed by atoms with Gasteiger partial charge in [0.05, 0.1) is 0 Å². The van der Waals surface area contributed by atoms with Crippen LogP contribution in [-0.2, 0) is 4.79 Å². The summed E-state index contributed by atoms with van der Waals surface area (Å²) in [4.78, 5) is 10.7. The predicted molar refractivity (Wildman–Crippen MR) is 90.4 cm³/mol. The standard InChI is InChI=1S/C19H31F3O/c1-2-3-4-5-6-7-8-9-10-11-12-13-14-15-16-17-18(23)19(20,21)22/h6-7,9-10H,2-5,8,11-17H2,1H3. The summed E-state index contributed by atoms with van der Waals surface area (Å²) in [6.45, 7) is 2.20. The Kier molecular flexibility index (Phi) is 13.9. The molecule has 0 aromatic carbocycles. The Balaban J connectivity index is 3.33. The SMILES string of the molecule is CCCCCC=CCC=CCCCCCCCC(=O)C(F)(F)F. The Morgan fingerprint density at radius 1 is 0.783 bits per heavy atom. The van der Waals surface area contributed by atoms with Crippen molar-refractivity contribution in [1.82, 2.24) is 0 Å². The monoisotopic (exact) mass is 332 g/mol. The van der Waals surface area contributed by atoms with E-state index in [1.54, 1.807) is 0 Å². The van der Waals surface area contributed by atoms with Gasteiger partial charge in [-0.1, -0.05) is 63.3 Å². The highest BCUT2D eigenvalue weighted by molar-refractivity contribution is 5.83. The third kappa shape index (κ3) is 15.6. The molecule has 0 aliphatic carbocycles. The van der Waals surface area contributed by atoms with Crippen molar-refractivity contribution in [3.05, 3.63) is 24.3 Å². The molecule has 0 spiro atoms. The highest BCUT2D eigenvalue weighted by Crippen LogP contribution is 2.19. The molecule has 0 saturated carbocycles. The lowest BCUT2D eigenvalue weighted by Gasteiger charge is -2.04. The number of ketones is 1. The maximum atomic E-state index is 12.0. The third-order valence-electron chi connectivity index (χ3n) is 3.67. The lowest BCUT2D eigenvalue weighted by molar-refractivity contribution is -0.171. The number of rotatable bonds is 14. The molecule has 0 aromatic heterocycles. The van der Waals surface area contributed by atoms with Crippen LogP contribution in [0.1, 0.15) is 84.0 Å². The third-order valence-corrected chi connectivity index (χ3v) is 3.67. The van der Waals surface area contributed by atoms with Gasteiger partial charge in [-0.15, -0.1) is 0 Å². The summed E-state index contributed by atoms with van der Waals surface area (Å²) in [5.41, 5.74) is 0. The molecular weight excluding hydrogens is 301 g/mol. The topological polar surface area (TPSA) is 17.1 Å². The first kappa shape index (κ1) is 21.9. The summed E-state index contributed by atoms with van der Waals surface area (Å²) in [5, 5.41) is 0. The Morgan fingerprint density at radius 2 is 1.30 bits per heavy atom. The van der Waals surface area contributed by atoms with Gasteiger partial charge in [-0.3, -0.25) is 4.79 Å². The van der Waals surface area contributed by atoms with Crippen LogP contribution in [0, 0.1) is 0 Å². The predicted octanol–water partition coefficient (Wildman–Crippen LogP) is 6.93. The van der Waals surface area contributed by atoms with Gasteiger partial charge in [0.25, 0.3) is 0 Å². The van der Waals surface area contributed by atoms with Crippen LogP contribution in [0.5, 0.6) is 0 Å². The molecule has 0 aliphatic heterocycles. The number of hydrogen-bond donors (Lipinski definition) is 0. The highest BCUT2D eigenvalue weighted by atomic mass is 19.4. The maximum Gasteiger partial charge on any atom is 0.449 e. The fraction of sp³-hybridized carbons (Fsp3) is 0.737. The van der Waals surface area contributed by atoms with Gasteiger partial charge in [-0.05, 0) is 38.5 Å². The molecule has 0 fully saturated rings. The van der Waals surface area contributed by atoms with Crippen LogP contribution in [-0.4, -0.2) is 12.0 Å². The number of allylic oxidation sites excluding steroid dienone is 4. The molecule has 0 bridgehead atoms. The zero-order valence-corrected chi connectivity index (χ0v) is 14.3. The second-order valence-corrected chi connectivity index (χ2v) is 5.90. The normalized spacial score (nSPS) is 12.5. The lowest BCUT2D eigenvalue weighted by Crippen LogP contribution is -2.22. The molecule has 0 amide bonds. The van der Waals surface area contributed by atoms with Crippen molar-refractivity contribution < 1.29 is 18.0 Å². The molecule has 1 nitrogen and oxygen atoms in total. The molecule has 4 heteroatoms. The average molecular weight is 332 g/mol. The molecule has 0 heterocycles. The van der Waals surface area contributed by atoms with Crippen LogP contribution in [0.4, 0.5) is 13.2 Å². The first-order valence-electron chi connectivity index (χ1n) is 8.88. The number of carbonyl (C=O) groups excluding carboxylic acids is 1. The van der Waals surface area contributed by atoms with Crippen LogP contribution in [0.3, 0.4) is 0 Å². The van der Waals surface area contributed by atoms with Gasteiger partial charge in [0.15, 0.2) is 0 Å². The molecule has 0 aromatic rings. The van der Waals surface area contributed by atoms with Gasteiger partial charge in [0, 0.05) is 6.42 Å². The second-order valence-electron chi connectivity index (χ2n) is 5.90. The molecule has 0 saturated heterocycles. The van der Waals surface area contributed by atoms with E-state index in [2.05, 4.69) is 31.2 Å². The van der Waals surface area contributed by atoms with E-state index in [9.17, 15) is 18.0 Å². The van der Waals surface area contributed by atoms with E-state index in [-0.39, 0.29) is 6.42 Å². The average Bonchev–Trinajstić information content (AvgIpc) is 2.50. The van der Waals surface area contributed by atoms with Gasteiger partial charge >= 0.3 is 6.18 Å². The summed E-state index contributed by atoms with van der Waals surface area (Å²) >= 11 is 0. The van der Waals surface area contributed by atoms with Crippen molar-refractivity contribution >= 4 is 5.78 Å². The molecule has 23 heavy (non-hydrogen) atoms. The number of carbonyl (C=O) groups is 1. The van der Waals surface area contributed by atoms with Crippen LogP contribution in [0.25, 0.3) is 0 Å². The molecule has 0 atom stereocenters. The van der Waals surface area contributed by atoms with E-state index in [0.29, 0.717) is 12.8 Å². The highest BCUT2D eigenvalue weighted by Gasteiger charge is 2.36. The van der Waals surface area contributed by atoms with E-state index < -0.39 is 12.0 Å². The minimum Gasteiger partial charge on any atom is -0.290 e. The number of hydrogen-bond acceptors (Lipinski definition) is 1. The summed E-state index contributed by atoms with van der Waals surface area (Å²) in [7, 11) is 0. The smallest absolute Gasteiger partial charge is 0.290 e. The number of unbranched alkanes of at least 4 members (excludes halogenated alkanes) is 8. The van der Waals surface area contributed by atoms with E-state index >= 15 is 0 Å². The van der Waals surface area contributed by atoms with Gasteiger partial charge in [-0.25, -0.2) is 0 Å². The number of alkyl halides is 3. The fourth-order valence-corrected chi connectivity index (χ4v) is 2.24. The molecular formula is C19H31F3O. The summed E-state index contributed by atoms with van der Waals surface area (Å²) in [6.07, 6.45) is 14.7. The quantitative estimate of drug-likeness (QED) is 0.249. The minimum atomic E-state index is -4.66. The zero-order valence-electron chi connectivity index (χ0n) is 14.3. The first-order valence-corrected chi connectivity index (χ1v) is 8.88. The molecule has 0 N–H and O–H groups in total. The second kappa shape index (κ2) is 14.5. The van der Waals surface area contributed by atoms with E-state index in [4.69, 9.17) is 0 Å². The van der Waals surface area contributed by atoms with Gasteiger partial charge in [-0.2, -0.15) is 13.2 Å². The van der Waals surface area contributed by atoms with Gasteiger partial charge in [0.1, 0.15) is 0 Å². The van der Waals surface area contributed by atoms with Crippen molar-refractivity contribution in [2.45, 2.75) is 90.1 Å². The van der Waals surface area contributed by atoms with Gasteiger partial charge < -0.3 is 0 Å². The Morgan fingerprint density at radius 3 is 1.87 bits per heavy atom. The van der Waals surface area contributed by atoms with Crippen molar-refractivity contribution in [3.8, 4) is 0 Å². The van der Waals surface area contributed by atoms with Crippen molar-refractivity contribution in [2.24, 2.45) is 0 Å². The van der Waals surface area contributed by atoms with Gasteiger partial charge in [0.2, 0.25) is 5.78 Å². The Hall–Kier alpha value is -1.06. The molecule has 0 rings (SSSR count). The van der Waals surface area contributed by atoms with Crippen molar-refractivity contribution in [2.75, 3.05) is 0 Å². The van der Waals surface area contributed by atoms with E-state index in [1.807, 2.05) is 0 Å². The Bertz CT molecular complexity index is 343. The fourth-order valence-electron chi connectivity index (χ4n) is 2.24. The molecule has 0 unspecified atom stereocenters. The maximum absolute atomic E-state index is 12.0. The Labute approximate surface area is 139 Å².